The zero-order valence-corrected chi connectivity index (χ0v) is 21.5. The molecule has 4 aromatic rings. The molecule has 0 saturated carbocycles. The molecule has 1 aliphatic rings. The predicted molar refractivity (Wildman–Crippen MR) is 137 cm³/mol. The maximum Gasteiger partial charge on any atom is 0.261 e. The average molecular weight is 488 g/mol. The second-order valence-electron chi connectivity index (χ2n) is 10.2. The second-order valence-corrected chi connectivity index (χ2v) is 11.3. The van der Waals surface area contributed by atoms with Crippen LogP contribution in [0, 0.1) is 29.6 Å². The molecule has 1 N–H and O–H groups in total. The standard InChI is InChI=1S/C26H29N7OS/c1-6-32-15(2)19(13-29-32)21-9-10-28-23-20(14-30-33(21)23)24(34)31-25-18(12-27)17-8-7-16(26(3,4)5)11-22(17)35-25/h9-10,13-14,16H,6-8,11H2,1-5H3,(H,31,34)/t16-/m1/s1. The number of hydrogen-bond donors (Lipinski definition) is 1. The van der Waals surface area contributed by atoms with Gasteiger partial charge in [-0.3, -0.25) is 9.48 Å². The molecule has 1 aliphatic carbocycles. The Balaban J connectivity index is 1.47. The van der Waals surface area contributed by atoms with Crippen molar-refractivity contribution in [2.45, 2.75) is 60.4 Å². The van der Waals surface area contributed by atoms with Gasteiger partial charge in [0.25, 0.3) is 5.91 Å². The Bertz CT molecular complexity index is 1480. The van der Waals surface area contributed by atoms with Crippen LogP contribution in [-0.2, 0) is 19.4 Å². The Morgan fingerprint density at radius 1 is 1.31 bits per heavy atom. The van der Waals surface area contributed by atoms with Crippen LogP contribution in [0.2, 0.25) is 0 Å². The van der Waals surface area contributed by atoms with Crippen LogP contribution in [0.5, 0.6) is 0 Å². The molecule has 9 heteroatoms. The van der Waals surface area contributed by atoms with E-state index >= 15 is 0 Å². The van der Waals surface area contributed by atoms with Crippen LogP contribution in [0.15, 0.2) is 24.7 Å². The van der Waals surface area contributed by atoms with Crippen molar-refractivity contribution in [1.29, 1.82) is 5.26 Å². The van der Waals surface area contributed by atoms with E-state index < -0.39 is 0 Å². The quantitative estimate of drug-likeness (QED) is 0.423. The van der Waals surface area contributed by atoms with Gasteiger partial charge in [0.1, 0.15) is 16.6 Å². The molecule has 4 aromatic heterocycles. The van der Waals surface area contributed by atoms with Crippen LogP contribution < -0.4 is 5.32 Å². The Kier molecular flexibility index (Phi) is 5.72. The lowest BCUT2D eigenvalue weighted by Gasteiger charge is -2.33. The smallest absolute Gasteiger partial charge is 0.261 e. The maximum absolute atomic E-state index is 13.3. The molecular weight excluding hydrogens is 458 g/mol. The summed E-state index contributed by atoms with van der Waals surface area (Å²) >= 11 is 1.53. The Labute approximate surface area is 208 Å². The SMILES string of the molecule is CCn1ncc(-c2ccnc3c(C(=O)Nc4sc5c(c4C#N)CC[C@@H](C(C)(C)C)C5)cnn23)c1C. The van der Waals surface area contributed by atoms with Gasteiger partial charge in [-0.2, -0.15) is 15.5 Å². The Hall–Kier alpha value is -3.51. The van der Waals surface area contributed by atoms with Crippen LogP contribution in [0.25, 0.3) is 16.9 Å². The van der Waals surface area contributed by atoms with E-state index in [1.165, 1.54) is 22.4 Å². The third kappa shape index (κ3) is 3.92. The topological polar surface area (TPSA) is 101 Å². The van der Waals surface area contributed by atoms with Crippen molar-refractivity contribution < 1.29 is 4.79 Å². The van der Waals surface area contributed by atoms with Gasteiger partial charge in [0.15, 0.2) is 5.65 Å². The highest BCUT2D eigenvalue weighted by molar-refractivity contribution is 7.16. The van der Waals surface area contributed by atoms with Gasteiger partial charge in [0, 0.05) is 28.9 Å². The average Bonchev–Trinajstić information content (AvgIpc) is 3.51. The summed E-state index contributed by atoms with van der Waals surface area (Å²) < 4.78 is 3.60. The summed E-state index contributed by atoms with van der Waals surface area (Å²) in [6.07, 6.45) is 7.91. The summed E-state index contributed by atoms with van der Waals surface area (Å²) in [5, 5.41) is 22.4. The number of carbonyl (C=O) groups is 1. The molecule has 4 heterocycles. The first-order valence-corrected chi connectivity index (χ1v) is 12.8. The highest BCUT2D eigenvalue weighted by Gasteiger charge is 2.32. The number of nitriles is 1. The number of aryl methyl sites for hydroxylation is 1. The van der Waals surface area contributed by atoms with Gasteiger partial charge in [0.05, 0.1) is 23.7 Å². The number of nitrogens with one attached hydrogen (secondary N) is 1. The van der Waals surface area contributed by atoms with E-state index in [0.29, 0.717) is 27.7 Å². The van der Waals surface area contributed by atoms with E-state index in [4.69, 9.17) is 0 Å². The van der Waals surface area contributed by atoms with E-state index in [-0.39, 0.29) is 11.3 Å². The fourth-order valence-corrected chi connectivity index (χ4v) is 6.25. The van der Waals surface area contributed by atoms with E-state index in [2.05, 4.69) is 47.3 Å². The number of aromatic nitrogens is 5. The van der Waals surface area contributed by atoms with Crippen LogP contribution in [0.3, 0.4) is 0 Å². The van der Waals surface area contributed by atoms with Crippen molar-refractivity contribution in [2.24, 2.45) is 11.3 Å². The highest BCUT2D eigenvalue weighted by atomic mass is 32.1. The van der Waals surface area contributed by atoms with Gasteiger partial charge in [-0.1, -0.05) is 20.8 Å². The highest BCUT2D eigenvalue weighted by Crippen LogP contribution is 2.44. The summed E-state index contributed by atoms with van der Waals surface area (Å²) in [5.74, 6) is 0.250. The van der Waals surface area contributed by atoms with E-state index in [9.17, 15) is 10.1 Å². The lowest BCUT2D eigenvalue weighted by atomic mass is 9.72. The molecule has 0 fully saturated rings. The van der Waals surface area contributed by atoms with E-state index in [0.717, 1.165) is 48.3 Å². The molecule has 180 valence electrons. The van der Waals surface area contributed by atoms with Crippen molar-refractivity contribution in [2.75, 3.05) is 5.32 Å². The van der Waals surface area contributed by atoms with Crippen LogP contribution in [0.4, 0.5) is 5.00 Å². The van der Waals surface area contributed by atoms with Crippen molar-refractivity contribution in [3.8, 4) is 17.3 Å². The molecule has 1 atom stereocenters. The Morgan fingerprint density at radius 2 is 2.11 bits per heavy atom. The normalized spacial score (nSPS) is 15.7. The number of thiophene rings is 1. The van der Waals surface area contributed by atoms with E-state index in [1.54, 1.807) is 10.7 Å². The number of anilines is 1. The first-order chi connectivity index (χ1) is 16.7. The third-order valence-corrected chi connectivity index (χ3v) is 8.32. The Morgan fingerprint density at radius 3 is 2.80 bits per heavy atom. The minimum Gasteiger partial charge on any atom is -0.312 e. The summed E-state index contributed by atoms with van der Waals surface area (Å²) in [5.41, 5.74) is 5.54. The number of nitrogens with zero attached hydrogens (tertiary/aromatic N) is 6. The van der Waals surface area contributed by atoms with Gasteiger partial charge in [-0.05, 0) is 56.1 Å². The molecule has 0 aromatic carbocycles. The van der Waals surface area contributed by atoms with Crippen molar-refractivity contribution >= 4 is 27.9 Å². The number of carbonyl (C=O) groups excluding carboxylic acids is 1. The van der Waals surface area contributed by atoms with E-state index in [1.807, 2.05) is 30.8 Å². The first kappa shape index (κ1) is 23.2. The zero-order valence-electron chi connectivity index (χ0n) is 20.7. The summed E-state index contributed by atoms with van der Waals surface area (Å²) in [7, 11) is 0. The summed E-state index contributed by atoms with van der Waals surface area (Å²) in [4.78, 5) is 19.0. The molecule has 0 radical (unpaired) electrons. The minimum absolute atomic E-state index is 0.213. The number of rotatable bonds is 4. The number of hydrogen-bond acceptors (Lipinski definition) is 6. The largest absolute Gasteiger partial charge is 0.312 e. The minimum atomic E-state index is -0.312. The molecule has 35 heavy (non-hydrogen) atoms. The van der Waals surface area contributed by atoms with Crippen molar-refractivity contribution in [1.82, 2.24) is 24.4 Å². The van der Waals surface area contributed by atoms with Gasteiger partial charge < -0.3 is 5.32 Å². The van der Waals surface area contributed by atoms with Crippen LogP contribution >= 0.6 is 11.3 Å². The first-order valence-electron chi connectivity index (χ1n) is 11.9. The molecule has 0 saturated heterocycles. The van der Waals surface area contributed by atoms with Gasteiger partial charge in [-0.15, -0.1) is 11.3 Å². The molecule has 0 bridgehead atoms. The van der Waals surface area contributed by atoms with Gasteiger partial charge in [-0.25, -0.2) is 9.50 Å². The number of fused-ring (bicyclic) bond motifs is 2. The molecule has 0 aliphatic heterocycles. The predicted octanol–water partition coefficient (Wildman–Crippen LogP) is 5.26. The van der Waals surface area contributed by atoms with Crippen LogP contribution in [-0.4, -0.2) is 30.3 Å². The fourth-order valence-electron chi connectivity index (χ4n) is 4.97. The monoisotopic (exact) mass is 487 g/mol. The molecule has 0 spiro atoms. The van der Waals surface area contributed by atoms with Gasteiger partial charge >= 0.3 is 0 Å². The van der Waals surface area contributed by atoms with Crippen molar-refractivity contribution in [3.05, 3.63) is 51.9 Å². The second kappa shape index (κ2) is 8.61. The lowest BCUT2D eigenvalue weighted by Crippen LogP contribution is -2.26. The fraction of sp³-hybridized carbons (Fsp3) is 0.423. The zero-order chi connectivity index (χ0) is 24.9. The third-order valence-electron chi connectivity index (χ3n) is 7.15. The molecule has 5 rings (SSSR count). The number of amides is 1. The molecule has 0 unspecified atom stereocenters. The molecule has 1 amide bonds. The maximum atomic E-state index is 13.3. The molecular formula is C26H29N7OS. The van der Waals surface area contributed by atoms with Crippen LogP contribution in [0.1, 0.15) is 66.2 Å². The van der Waals surface area contributed by atoms with Gasteiger partial charge in [0.2, 0.25) is 0 Å². The molecule has 8 nitrogen and oxygen atoms in total. The summed E-state index contributed by atoms with van der Waals surface area (Å²) in [6.45, 7) is 11.6. The lowest BCUT2D eigenvalue weighted by molar-refractivity contribution is 0.102. The summed E-state index contributed by atoms with van der Waals surface area (Å²) in [6, 6.07) is 4.21. The van der Waals surface area contributed by atoms with Crippen molar-refractivity contribution in [3.63, 3.8) is 0 Å².